The highest BCUT2D eigenvalue weighted by Crippen LogP contribution is 2.48. The molecule has 1 amide bonds. The summed E-state index contributed by atoms with van der Waals surface area (Å²) in [7, 11) is 4.17. The highest BCUT2D eigenvalue weighted by molar-refractivity contribution is 6.10. The Morgan fingerprint density at radius 1 is 0.857 bits per heavy atom. The number of nitrogens with zero attached hydrogens (tertiary/aromatic N) is 4. The van der Waals surface area contributed by atoms with Crippen LogP contribution < -0.4 is 14.7 Å². The normalized spacial score (nSPS) is 20.3. The first-order valence-electron chi connectivity index (χ1n) is 12.8. The highest BCUT2D eigenvalue weighted by atomic mass is 16.2. The first-order chi connectivity index (χ1) is 17.0. The number of benzene rings is 3. The average molecular weight is 469 g/mol. The van der Waals surface area contributed by atoms with Crippen molar-refractivity contribution in [2.45, 2.75) is 18.8 Å². The number of likely N-dealkylation sites (N-methyl/N-ethyl adjacent to an activating group) is 1. The van der Waals surface area contributed by atoms with E-state index < -0.39 is 5.41 Å². The zero-order chi connectivity index (χ0) is 24.4. The minimum absolute atomic E-state index is 0.214. The van der Waals surface area contributed by atoms with Gasteiger partial charge in [0, 0.05) is 63.9 Å². The van der Waals surface area contributed by atoms with Crippen molar-refractivity contribution in [1.82, 2.24) is 4.90 Å². The summed E-state index contributed by atoms with van der Waals surface area (Å²) in [5.41, 5.74) is 5.22. The van der Waals surface area contributed by atoms with E-state index in [1.165, 1.54) is 11.4 Å². The second-order valence-corrected chi connectivity index (χ2v) is 9.83. The van der Waals surface area contributed by atoms with Crippen LogP contribution in [0.5, 0.6) is 0 Å². The topological polar surface area (TPSA) is 30.0 Å². The monoisotopic (exact) mass is 468 g/mol. The van der Waals surface area contributed by atoms with E-state index in [1.54, 1.807) is 0 Å². The Kier molecular flexibility index (Phi) is 6.52. The summed E-state index contributed by atoms with van der Waals surface area (Å²) in [5.74, 6) is 0.214. The van der Waals surface area contributed by atoms with Crippen molar-refractivity contribution < 1.29 is 4.79 Å². The van der Waals surface area contributed by atoms with Gasteiger partial charge >= 0.3 is 0 Å². The molecular weight excluding hydrogens is 432 g/mol. The van der Waals surface area contributed by atoms with Gasteiger partial charge < -0.3 is 14.7 Å². The van der Waals surface area contributed by atoms with Gasteiger partial charge in [-0.3, -0.25) is 9.69 Å². The molecule has 0 spiro atoms. The number of carbonyl (C=O) groups is 1. The minimum Gasteiger partial charge on any atom is -0.378 e. The van der Waals surface area contributed by atoms with Crippen LogP contribution >= 0.6 is 0 Å². The molecule has 0 aliphatic carbocycles. The Morgan fingerprint density at radius 2 is 1.57 bits per heavy atom. The Labute approximate surface area is 209 Å². The van der Waals surface area contributed by atoms with E-state index in [-0.39, 0.29) is 5.91 Å². The number of piperazine rings is 1. The molecule has 5 rings (SSSR count). The molecule has 0 radical (unpaired) electrons. The SMILES string of the molecule is CCN1C(=O)C(CCN2CCN(c3cccc(N(C)C)c3)CC2)(c2ccccc2)c2ccccc21. The predicted octanol–water partition coefficient (Wildman–Crippen LogP) is 4.62. The molecule has 1 saturated heterocycles. The molecule has 0 N–H and O–H groups in total. The number of anilines is 3. The van der Waals surface area contributed by atoms with Gasteiger partial charge in [0.1, 0.15) is 5.41 Å². The average Bonchev–Trinajstić information content (AvgIpc) is 3.16. The molecule has 1 unspecified atom stereocenters. The highest BCUT2D eigenvalue weighted by Gasteiger charge is 2.51. The summed E-state index contributed by atoms with van der Waals surface area (Å²) in [6.07, 6.45) is 0.791. The maximum Gasteiger partial charge on any atom is 0.242 e. The number of hydrogen-bond donors (Lipinski definition) is 0. The van der Waals surface area contributed by atoms with Gasteiger partial charge in [-0.05, 0) is 55.3 Å². The van der Waals surface area contributed by atoms with Crippen LogP contribution in [0.25, 0.3) is 0 Å². The van der Waals surface area contributed by atoms with Crippen molar-refractivity contribution in [3.8, 4) is 0 Å². The predicted molar refractivity (Wildman–Crippen MR) is 146 cm³/mol. The second kappa shape index (κ2) is 9.74. The number of para-hydroxylation sites is 1. The number of amides is 1. The first-order valence-corrected chi connectivity index (χ1v) is 12.8. The third-order valence-electron chi connectivity index (χ3n) is 7.73. The molecule has 1 fully saturated rings. The number of carbonyl (C=O) groups excluding carboxylic acids is 1. The van der Waals surface area contributed by atoms with E-state index >= 15 is 0 Å². The van der Waals surface area contributed by atoms with Gasteiger partial charge in [0.15, 0.2) is 0 Å². The van der Waals surface area contributed by atoms with Crippen LogP contribution in [-0.2, 0) is 10.2 Å². The first kappa shape index (κ1) is 23.4. The smallest absolute Gasteiger partial charge is 0.242 e. The van der Waals surface area contributed by atoms with Crippen molar-refractivity contribution in [2.24, 2.45) is 0 Å². The van der Waals surface area contributed by atoms with Gasteiger partial charge in [0.05, 0.1) is 0 Å². The van der Waals surface area contributed by atoms with Crippen LogP contribution in [0.15, 0.2) is 78.9 Å². The van der Waals surface area contributed by atoms with Crippen molar-refractivity contribution in [3.63, 3.8) is 0 Å². The van der Waals surface area contributed by atoms with E-state index in [1.807, 2.05) is 17.0 Å². The summed E-state index contributed by atoms with van der Waals surface area (Å²) in [6, 6.07) is 27.6. The molecule has 0 aromatic heterocycles. The molecule has 5 nitrogen and oxygen atoms in total. The van der Waals surface area contributed by atoms with Gasteiger partial charge in [-0.1, -0.05) is 54.6 Å². The Morgan fingerprint density at radius 3 is 2.29 bits per heavy atom. The summed E-state index contributed by atoms with van der Waals surface area (Å²) in [4.78, 5) is 23.1. The van der Waals surface area contributed by atoms with E-state index in [0.717, 1.165) is 56.0 Å². The molecule has 2 heterocycles. The Balaban J connectivity index is 1.35. The fraction of sp³-hybridized carbons (Fsp3) is 0.367. The quantitative estimate of drug-likeness (QED) is 0.506. The van der Waals surface area contributed by atoms with Crippen LogP contribution in [0.1, 0.15) is 24.5 Å². The molecule has 0 saturated carbocycles. The van der Waals surface area contributed by atoms with Crippen molar-refractivity contribution in [1.29, 1.82) is 0 Å². The maximum absolute atomic E-state index is 14.0. The van der Waals surface area contributed by atoms with Crippen LogP contribution in [0.4, 0.5) is 17.1 Å². The maximum atomic E-state index is 14.0. The van der Waals surface area contributed by atoms with Crippen molar-refractivity contribution >= 4 is 23.0 Å². The molecule has 182 valence electrons. The van der Waals surface area contributed by atoms with Gasteiger partial charge in [-0.2, -0.15) is 0 Å². The van der Waals surface area contributed by atoms with Crippen molar-refractivity contribution in [3.05, 3.63) is 90.0 Å². The van der Waals surface area contributed by atoms with E-state index in [4.69, 9.17) is 0 Å². The minimum atomic E-state index is -0.620. The fourth-order valence-corrected chi connectivity index (χ4v) is 5.75. The molecule has 2 aliphatic rings. The van der Waals surface area contributed by atoms with Gasteiger partial charge in [0.2, 0.25) is 5.91 Å². The molecule has 3 aromatic carbocycles. The zero-order valence-corrected chi connectivity index (χ0v) is 21.2. The Hall–Kier alpha value is -3.31. The lowest BCUT2D eigenvalue weighted by Crippen LogP contribution is -2.49. The molecule has 2 aliphatic heterocycles. The molecular formula is C30H36N4O. The van der Waals surface area contributed by atoms with Crippen LogP contribution in [-0.4, -0.2) is 64.2 Å². The van der Waals surface area contributed by atoms with Crippen LogP contribution in [0.3, 0.4) is 0 Å². The largest absolute Gasteiger partial charge is 0.378 e. The lowest BCUT2D eigenvalue weighted by molar-refractivity contribution is -0.122. The Bertz CT molecular complexity index is 1170. The summed E-state index contributed by atoms with van der Waals surface area (Å²) >= 11 is 0. The van der Waals surface area contributed by atoms with E-state index in [0.29, 0.717) is 6.54 Å². The third kappa shape index (κ3) is 4.19. The number of rotatable bonds is 7. The standard InChI is InChI=1S/C30H36N4O/c1-4-34-28-16-9-8-15-27(28)30(29(34)35,24-11-6-5-7-12-24)17-18-32-19-21-33(22-20-32)26-14-10-13-25(23-26)31(2)3/h5-16,23H,4,17-22H2,1-3H3. The lowest BCUT2D eigenvalue weighted by atomic mass is 9.72. The number of hydrogen-bond acceptors (Lipinski definition) is 4. The molecule has 35 heavy (non-hydrogen) atoms. The molecule has 5 heteroatoms. The van der Waals surface area contributed by atoms with Gasteiger partial charge in [-0.25, -0.2) is 0 Å². The van der Waals surface area contributed by atoms with Gasteiger partial charge in [-0.15, -0.1) is 0 Å². The van der Waals surface area contributed by atoms with Crippen LogP contribution in [0.2, 0.25) is 0 Å². The van der Waals surface area contributed by atoms with Crippen LogP contribution in [0, 0.1) is 0 Å². The number of fused-ring (bicyclic) bond motifs is 1. The second-order valence-electron chi connectivity index (χ2n) is 9.83. The zero-order valence-electron chi connectivity index (χ0n) is 21.2. The third-order valence-corrected chi connectivity index (χ3v) is 7.73. The summed E-state index contributed by atoms with van der Waals surface area (Å²) < 4.78 is 0. The summed E-state index contributed by atoms with van der Waals surface area (Å²) in [6.45, 7) is 7.67. The van der Waals surface area contributed by atoms with E-state index in [2.05, 4.69) is 102 Å². The molecule has 0 bridgehead atoms. The summed E-state index contributed by atoms with van der Waals surface area (Å²) in [5, 5.41) is 0. The molecule has 1 atom stereocenters. The fourth-order valence-electron chi connectivity index (χ4n) is 5.75. The van der Waals surface area contributed by atoms with Gasteiger partial charge in [0.25, 0.3) is 0 Å². The van der Waals surface area contributed by atoms with Crippen molar-refractivity contribution in [2.75, 3.05) is 68.1 Å². The molecule has 3 aromatic rings. The van der Waals surface area contributed by atoms with E-state index in [9.17, 15) is 4.79 Å². The lowest BCUT2D eigenvalue weighted by Gasteiger charge is -2.38.